The van der Waals surface area contributed by atoms with Crippen LogP contribution in [0.3, 0.4) is 0 Å². The van der Waals surface area contributed by atoms with Crippen molar-refractivity contribution in [2.45, 2.75) is 38.3 Å². The molecule has 1 aliphatic rings. The summed E-state index contributed by atoms with van der Waals surface area (Å²) in [5.74, 6) is -0.123. The summed E-state index contributed by atoms with van der Waals surface area (Å²) in [5.41, 5.74) is 0.644. The van der Waals surface area contributed by atoms with E-state index in [1.807, 2.05) is 18.2 Å². The molecule has 3 heteroatoms. The van der Waals surface area contributed by atoms with Crippen LogP contribution in [0.4, 0.5) is 4.39 Å². The minimum absolute atomic E-state index is 0.121. The first-order valence-electron chi connectivity index (χ1n) is 6.38. The van der Waals surface area contributed by atoms with E-state index in [4.69, 9.17) is 4.74 Å². The third kappa shape index (κ3) is 3.57. The highest BCUT2D eigenvalue weighted by Gasteiger charge is 2.25. The van der Waals surface area contributed by atoms with Crippen molar-refractivity contribution < 1.29 is 9.13 Å². The zero-order valence-corrected chi connectivity index (χ0v) is 10.9. The standard InChI is InChI=1S/C15H20FNO/c1-15(2)11-13(8-10-18-15)17-9-7-12-5-3-4-6-14(12)16/h3-6,8,10,13,17H,7,9,11H2,1-2H3. The lowest BCUT2D eigenvalue weighted by Gasteiger charge is -2.32. The minimum atomic E-state index is -0.123. The van der Waals surface area contributed by atoms with Crippen molar-refractivity contribution in [3.05, 3.63) is 48.0 Å². The number of rotatable bonds is 4. The molecule has 0 spiro atoms. The summed E-state index contributed by atoms with van der Waals surface area (Å²) in [7, 11) is 0. The van der Waals surface area contributed by atoms with Crippen LogP contribution in [-0.4, -0.2) is 18.2 Å². The van der Waals surface area contributed by atoms with Gasteiger partial charge in [-0.05, 0) is 44.5 Å². The molecule has 0 bridgehead atoms. The van der Waals surface area contributed by atoms with Gasteiger partial charge in [0.25, 0.3) is 0 Å². The van der Waals surface area contributed by atoms with Gasteiger partial charge in [-0.1, -0.05) is 18.2 Å². The number of halogens is 1. The topological polar surface area (TPSA) is 21.3 Å². The predicted molar refractivity (Wildman–Crippen MR) is 70.8 cm³/mol. The van der Waals surface area contributed by atoms with Crippen molar-refractivity contribution >= 4 is 0 Å². The molecule has 1 N–H and O–H groups in total. The summed E-state index contributed by atoms with van der Waals surface area (Å²) in [6.07, 6.45) is 5.41. The van der Waals surface area contributed by atoms with Gasteiger partial charge in [0.15, 0.2) is 0 Å². The zero-order valence-electron chi connectivity index (χ0n) is 10.9. The fourth-order valence-corrected chi connectivity index (χ4v) is 2.20. The molecule has 1 unspecified atom stereocenters. The second-order valence-electron chi connectivity index (χ2n) is 5.31. The second-order valence-corrected chi connectivity index (χ2v) is 5.31. The SMILES string of the molecule is CC1(C)CC(NCCc2ccccc2F)C=CO1. The van der Waals surface area contributed by atoms with Crippen LogP contribution in [0.25, 0.3) is 0 Å². The normalized spacial score (nSPS) is 21.6. The third-order valence-electron chi connectivity index (χ3n) is 3.17. The first kappa shape index (κ1) is 13.1. The average Bonchev–Trinajstić information content (AvgIpc) is 2.30. The Balaban J connectivity index is 1.81. The molecule has 1 heterocycles. The molecule has 1 aromatic rings. The van der Waals surface area contributed by atoms with Gasteiger partial charge in [-0.25, -0.2) is 4.39 Å². The third-order valence-corrected chi connectivity index (χ3v) is 3.17. The van der Waals surface area contributed by atoms with Crippen molar-refractivity contribution in [1.29, 1.82) is 0 Å². The summed E-state index contributed by atoms with van der Waals surface area (Å²) in [6, 6.07) is 7.24. The minimum Gasteiger partial charge on any atom is -0.496 e. The van der Waals surface area contributed by atoms with E-state index in [1.165, 1.54) is 6.07 Å². The first-order valence-corrected chi connectivity index (χ1v) is 6.38. The maximum Gasteiger partial charge on any atom is 0.126 e. The highest BCUT2D eigenvalue weighted by molar-refractivity contribution is 5.17. The van der Waals surface area contributed by atoms with Gasteiger partial charge in [0.2, 0.25) is 0 Å². The molecule has 0 aromatic heterocycles. The lowest BCUT2D eigenvalue weighted by molar-refractivity contribution is 0.0305. The molecule has 2 rings (SSSR count). The van der Waals surface area contributed by atoms with E-state index in [1.54, 1.807) is 12.3 Å². The number of nitrogens with one attached hydrogen (secondary N) is 1. The molecule has 1 atom stereocenters. The summed E-state index contributed by atoms with van der Waals surface area (Å²) in [5, 5.41) is 3.42. The van der Waals surface area contributed by atoms with Crippen molar-refractivity contribution in [3.8, 4) is 0 Å². The van der Waals surface area contributed by atoms with E-state index in [2.05, 4.69) is 19.2 Å². The smallest absolute Gasteiger partial charge is 0.126 e. The van der Waals surface area contributed by atoms with Crippen LogP contribution < -0.4 is 5.32 Å². The lowest BCUT2D eigenvalue weighted by Crippen LogP contribution is -2.39. The highest BCUT2D eigenvalue weighted by atomic mass is 19.1. The van der Waals surface area contributed by atoms with Crippen LogP contribution in [0.1, 0.15) is 25.8 Å². The maximum atomic E-state index is 13.4. The largest absolute Gasteiger partial charge is 0.496 e. The molecule has 1 aromatic carbocycles. The van der Waals surface area contributed by atoms with Crippen LogP contribution in [0, 0.1) is 5.82 Å². The van der Waals surface area contributed by atoms with Crippen LogP contribution in [-0.2, 0) is 11.2 Å². The Morgan fingerprint density at radius 2 is 2.17 bits per heavy atom. The Kier molecular flexibility index (Phi) is 4.02. The molecule has 2 nitrogen and oxygen atoms in total. The number of hydrogen-bond donors (Lipinski definition) is 1. The van der Waals surface area contributed by atoms with Crippen molar-refractivity contribution in [2.75, 3.05) is 6.54 Å². The van der Waals surface area contributed by atoms with Gasteiger partial charge in [-0.2, -0.15) is 0 Å². The van der Waals surface area contributed by atoms with Gasteiger partial charge in [0, 0.05) is 12.5 Å². The van der Waals surface area contributed by atoms with Crippen LogP contribution >= 0.6 is 0 Å². The zero-order chi connectivity index (χ0) is 13.0. The van der Waals surface area contributed by atoms with Gasteiger partial charge in [0.05, 0.1) is 6.26 Å². The molecule has 0 saturated heterocycles. The molecule has 0 radical (unpaired) electrons. The Morgan fingerprint density at radius 3 is 2.89 bits per heavy atom. The number of hydrogen-bond acceptors (Lipinski definition) is 2. The van der Waals surface area contributed by atoms with Crippen LogP contribution in [0.5, 0.6) is 0 Å². The Hall–Kier alpha value is -1.35. The molecular weight excluding hydrogens is 229 g/mol. The van der Waals surface area contributed by atoms with Gasteiger partial charge in [-0.3, -0.25) is 0 Å². The van der Waals surface area contributed by atoms with E-state index in [0.29, 0.717) is 12.5 Å². The molecular formula is C15H20FNO. The van der Waals surface area contributed by atoms with Crippen LogP contribution in [0.15, 0.2) is 36.6 Å². The predicted octanol–water partition coefficient (Wildman–Crippen LogP) is 3.04. The molecule has 18 heavy (non-hydrogen) atoms. The summed E-state index contributed by atoms with van der Waals surface area (Å²) in [6.45, 7) is 4.91. The molecule has 0 fully saturated rings. The summed E-state index contributed by atoms with van der Waals surface area (Å²) < 4.78 is 18.9. The van der Waals surface area contributed by atoms with E-state index in [0.717, 1.165) is 18.5 Å². The average molecular weight is 249 g/mol. The van der Waals surface area contributed by atoms with E-state index < -0.39 is 0 Å². The Morgan fingerprint density at radius 1 is 1.39 bits per heavy atom. The monoisotopic (exact) mass is 249 g/mol. The van der Waals surface area contributed by atoms with Gasteiger partial charge < -0.3 is 10.1 Å². The van der Waals surface area contributed by atoms with Gasteiger partial charge in [-0.15, -0.1) is 0 Å². The van der Waals surface area contributed by atoms with Crippen molar-refractivity contribution in [1.82, 2.24) is 5.32 Å². The first-order chi connectivity index (χ1) is 8.57. The molecule has 0 aliphatic carbocycles. The van der Waals surface area contributed by atoms with Crippen molar-refractivity contribution in [3.63, 3.8) is 0 Å². The maximum absolute atomic E-state index is 13.4. The molecule has 0 saturated carbocycles. The van der Waals surface area contributed by atoms with E-state index >= 15 is 0 Å². The highest BCUT2D eigenvalue weighted by Crippen LogP contribution is 2.22. The van der Waals surface area contributed by atoms with Crippen molar-refractivity contribution in [2.24, 2.45) is 0 Å². The van der Waals surface area contributed by atoms with Gasteiger partial charge in [0.1, 0.15) is 11.4 Å². The molecule has 0 amide bonds. The Labute approximate surface area is 108 Å². The fraction of sp³-hybridized carbons (Fsp3) is 0.467. The lowest BCUT2D eigenvalue weighted by atomic mass is 9.97. The fourth-order valence-electron chi connectivity index (χ4n) is 2.20. The Bertz CT molecular complexity index is 428. The van der Waals surface area contributed by atoms with E-state index in [9.17, 15) is 4.39 Å². The van der Waals surface area contributed by atoms with Crippen LogP contribution in [0.2, 0.25) is 0 Å². The summed E-state index contributed by atoms with van der Waals surface area (Å²) in [4.78, 5) is 0. The van der Waals surface area contributed by atoms with Gasteiger partial charge >= 0.3 is 0 Å². The second kappa shape index (κ2) is 5.53. The number of benzene rings is 1. The molecule has 1 aliphatic heterocycles. The number of ether oxygens (including phenoxy) is 1. The van der Waals surface area contributed by atoms with E-state index in [-0.39, 0.29) is 11.4 Å². The summed E-state index contributed by atoms with van der Waals surface area (Å²) >= 11 is 0. The molecule has 98 valence electrons. The quantitative estimate of drug-likeness (QED) is 0.885.